The first kappa shape index (κ1) is 12.6. The molecule has 0 saturated heterocycles. The van der Waals surface area contributed by atoms with Gasteiger partial charge in [-0.15, -0.1) is 21.5 Å². The molecule has 0 aromatic carbocycles. The second-order valence-corrected chi connectivity index (χ2v) is 6.92. The van der Waals surface area contributed by atoms with Crippen LogP contribution in [0.1, 0.15) is 0 Å². The van der Waals surface area contributed by atoms with Gasteiger partial charge in [0.15, 0.2) is 11.0 Å². The smallest absolute Gasteiger partial charge is 0.261 e. The van der Waals surface area contributed by atoms with Gasteiger partial charge in [-0.3, -0.25) is 4.72 Å². The van der Waals surface area contributed by atoms with E-state index in [1.165, 1.54) is 24.3 Å². The summed E-state index contributed by atoms with van der Waals surface area (Å²) in [6.45, 7) is 0. The van der Waals surface area contributed by atoms with Gasteiger partial charge in [-0.2, -0.15) is 0 Å². The number of nitrogens with zero attached hydrogens (tertiary/aromatic N) is 2. The van der Waals surface area contributed by atoms with Crippen LogP contribution in [0.2, 0.25) is 9.49 Å². The zero-order valence-electron chi connectivity index (χ0n) is 8.09. The molecule has 2 aromatic rings. The van der Waals surface area contributed by atoms with E-state index in [-0.39, 0.29) is 15.2 Å². The lowest BCUT2D eigenvalue weighted by atomic mass is 10.5. The summed E-state index contributed by atoms with van der Waals surface area (Å²) in [7, 11) is -3.67. The minimum absolute atomic E-state index is 0.0962. The summed E-state index contributed by atoms with van der Waals surface area (Å²) in [6, 6.07) is 5.78. The highest BCUT2D eigenvalue weighted by Crippen LogP contribution is 2.26. The maximum Gasteiger partial charge on any atom is 0.272 e. The van der Waals surface area contributed by atoms with Crippen molar-refractivity contribution in [2.24, 2.45) is 0 Å². The number of hydrogen-bond donors (Lipinski definition) is 1. The summed E-state index contributed by atoms with van der Waals surface area (Å²) in [6.07, 6.45) is 0. The molecule has 0 amide bonds. The van der Waals surface area contributed by atoms with Gasteiger partial charge in [0.2, 0.25) is 0 Å². The van der Waals surface area contributed by atoms with E-state index in [0.717, 1.165) is 11.3 Å². The van der Waals surface area contributed by atoms with Crippen LogP contribution in [0.3, 0.4) is 0 Å². The number of rotatable bonds is 3. The number of sulfonamides is 1. The number of thiophene rings is 1. The number of halogens is 2. The molecule has 0 fully saturated rings. The van der Waals surface area contributed by atoms with E-state index in [1.807, 2.05) is 0 Å². The third kappa shape index (κ3) is 3.06. The molecule has 0 aliphatic heterocycles. The minimum Gasteiger partial charge on any atom is -0.261 e. The van der Waals surface area contributed by atoms with Crippen LogP contribution in [0.15, 0.2) is 28.5 Å². The number of nitrogens with one attached hydrogen (secondary N) is 1. The van der Waals surface area contributed by atoms with Crippen molar-refractivity contribution in [2.75, 3.05) is 4.72 Å². The lowest BCUT2D eigenvalue weighted by Gasteiger charge is -2.03. The van der Waals surface area contributed by atoms with Crippen LogP contribution in [0, 0.1) is 0 Å². The fourth-order valence-corrected chi connectivity index (χ4v) is 3.58. The van der Waals surface area contributed by atoms with Crippen LogP contribution in [0.25, 0.3) is 0 Å². The zero-order valence-corrected chi connectivity index (χ0v) is 11.2. The third-order valence-corrected chi connectivity index (χ3v) is 4.96. The SMILES string of the molecule is O=S(=O)(Nc1ccc(Cl)nn1)c1ccc(Cl)s1. The molecule has 0 unspecified atom stereocenters. The second kappa shape index (κ2) is 4.77. The first-order chi connectivity index (χ1) is 7.97. The molecule has 0 atom stereocenters. The lowest BCUT2D eigenvalue weighted by molar-refractivity contribution is 0.603. The maximum absolute atomic E-state index is 11.8. The summed E-state index contributed by atoms with van der Waals surface area (Å²) in [4.78, 5) is 0. The van der Waals surface area contributed by atoms with Crippen molar-refractivity contribution in [1.82, 2.24) is 10.2 Å². The summed E-state index contributed by atoms with van der Waals surface area (Å²) in [5.74, 6) is 0.0962. The van der Waals surface area contributed by atoms with E-state index >= 15 is 0 Å². The first-order valence-electron chi connectivity index (χ1n) is 4.25. The van der Waals surface area contributed by atoms with Crippen LogP contribution >= 0.6 is 34.5 Å². The van der Waals surface area contributed by atoms with Crippen molar-refractivity contribution in [3.8, 4) is 0 Å². The molecule has 2 heterocycles. The highest BCUT2D eigenvalue weighted by Gasteiger charge is 2.17. The van der Waals surface area contributed by atoms with Crippen molar-refractivity contribution in [1.29, 1.82) is 0 Å². The number of aromatic nitrogens is 2. The fourth-order valence-electron chi connectivity index (χ4n) is 1.00. The molecule has 90 valence electrons. The largest absolute Gasteiger partial charge is 0.272 e. The molecule has 2 aromatic heterocycles. The molecule has 5 nitrogen and oxygen atoms in total. The Bertz CT molecular complexity index is 624. The van der Waals surface area contributed by atoms with Crippen molar-refractivity contribution in [3.63, 3.8) is 0 Å². The lowest BCUT2D eigenvalue weighted by Crippen LogP contribution is -2.12. The van der Waals surface area contributed by atoms with Crippen LogP contribution in [0.5, 0.6) is 0 Å². The van der Waals surface area contributed by atoms with Crippen LogP contribution in [0.4, 0.5) is 5.82 Å². The summed E-state index contributed by atoms with van der Waals surface area (Å²) in [5, 5.41) is 7.31. The van der Waals surface area contributed by atoms with Gasteiger partial charge in [0.25, 0.3) is 10.0 Å². The Labute approximate surface area is 111 Å². The minimum atomic E-state index is -3.67. The van der Waals surface area contributed by atoms with Gasteiger partial charge in [0.05, 0.1) is 4.34 Å². The molecule has 0 spiro atoms. The molecule has 0 bridgehead atoms. The topological polar surface area (TPSA) is 72.0 Å². The highest BCUT2D eigenvalue weighted by atomic mass is 35.5. The van der Waals surface area contributed by atoms with Crippen LogP contribution < -0.4 is 4.72 Å². The third-order valence-electron chi connectivity index (χ3n) is 1.68. The average Bonchev–Trinajstić information content (AvgIpc) is 2.69. The molecule has 2 rings (SSSR count). The Balaban J connectivity index is 2.26. The van der Waals surface area contributed by atoms with E-state index in [2.05, 4.69) is 14.9 Å². The van der Waals surface area contributed by atoms with E-state index in [9.17, 15) is 8.42 Å². The summed E-state index contributed by atoms with van der Waals surface area (Å²) < 4.78 is 26.5. The van der Waals surface area contributed by atoms with Crippen LogP contribution in [-0.4, -0.2) is 18.6 Å². The summed E-state index contributed by atoms with van der Waals surface area (Å²) >= 11 is 12.2. The van der Waals surface area contributed by atoms with E-state index < -0.39 is 10.0 Å². The number of hydrogen-bond acceptors (Lipinski definition) is 5. The highest BCUT2D eigenvalue weighted by molar-refractivity contribution is 7.94. The van der Waals surface area contributed by atoms with E-state index in [1.54, 1.807) is 0 Å². The predicted octanol–water partition coefficient (Wildman–Crippen LogP) is 2.65. The molecule has 0 radical (unpaired) electrons. The second-order valence-electron chi connectivity index (χ2n) is 2.91. The molecule has 17 heavy (non-hydrogen) atoms. The Kier molecular flexibility index (Phi) is 3.53. The first-order valence-corrected chi connectivity index (χ1v) is 7.30. The molecular weight excluding hydrogens is 305 g/mol. The van der Waals surface area contributed by atoms with E-state index in [4.69, 9.17) is 23.2 Å². The monoisotopic (exact) mass is 309 g/mol. The van der Waals surface area contributed by atoms with Crippen molar-refractivity contribution in [3.05, 3.63) is 33.8 Å². The maximum atomic E-state index is 11.8. The van der Waals surface area contributed by atoms with Gasteiger partial charge < -0.3 is 0 Å². The molecule has 0 aliphatic carbocycles. The van der Waals surface area contributed by atoms with Crippen molar-refractivity contribution < 1.29 is 8.42 Å². The number of anilines is 1. The van der Waals surface area contributed by atoms with Gasteiger partial charge in [-0.25, -0.2) is 8.42 Å². The average molecular weight is 310 g/mol. The van der Waals surface area contributed by atoms with Gasteiger partial charge in [-0.05, 0) is 24.3 Å². The fraction of sp³-hybridized carbons (Fsp3) is 0. The normalized spacial score (nSPS) is 11.4. The Morgan fingerprint density at radius 3 is 2.41 bits per heavy atom. The van der Waals surface area contributed by atoms with Gasteiger partial charge in [0.1, 0.15) is 4.21 Å². The molecular formula is C8H5Cl2N3O2S2. The Morgan fingerprint density at radius 2 is 1.88 bits per heavy atom. The standard InChI is InChI=1S/C8H5Cl2N3O2S2/c9-5-1-3-7(12-11-5)13-17(14,15)8-4-2-6(10)16-8/h1-4H,(H,12,13). The molecule has 0 saturated carbocycles. The Hall–Kier alpha value is -0.890. The van der Waals surface area contributed by atoms with Gasteiger partial charge >= 0.3 is 0 Å². The van der Waals surface area contributed by atoms with Crippen LogP contribution in [-0.2, 0) is 10.0 Å². The van der Waals surface area contributed by atoms with Gasteiger partial charge in [-0.1, -0.05) is 23.2 Å². The van der Waals surface area contributed by atoms with E-state index in [0.29, 0.717) is 4.34 Å². The quantitative estimate of drug-likeness (QED) is 0.946. The Morgan fingerprint density at radius 1 is 1.12 bits per heavy atom. The summed E-state index contributed by atoms with van der Waals surface area (Å²) in [5.41, 5.74) is 0. The predicted molar refractivity (Wildman–Crippen MR) is 67.2 cm³/mol. The van der Waals surface area contributed by atoms with Crippen molar-refractivity contribution >= 4 is 50.4 Å². The van der Waals surface area contributed by atoms with Crippen molar-refractivity contribution in [2.45, 2.75) is 4.21 Å². The molecule has 1 N–H and O–H groups in total. The van der Waals surface area contributed by atoms with Gasteiger partial charge in [0, 0.05) is 0 Å². The molecule has 0 aliphatic rings. The molecule has 9 heteroatoms. The zero-order chi connectivity index (χ0) is 12.5.